The van der Waals surface area contributed by atoms with Gasteiger partial charge >= 0.3 is 6.09 Å². The van der Waals surface area contributed by atoms with Gasteiger partial charge in [0.15, 0.2) is 0 Å². The van der Waals surface area contributed by atoms with E-state index in [9.17, 15) is 4.79 Å². The molecule has 76 valence electrons. The van der Waals surface area contributed by atoms with E-state index < -0.39 is 6.09 Å². The van der Waals surface area contributed by atoms with Crippen LogP contribution in [0.1, 0.15) is 6.92 Å². The van der Waals surface area contributed by atoms with Crippen molar-refractivity contribution in [2.45, 2.75) is 6.92 Å². The van der Waals surface area contributed by atoms with Crippen molar-refractivity contribution in [1.82, 2.24) is 0 Å². The summed E-state index contributed by atoms with van der Waals surface area (Å²) in [6.07, 6.45) is -0.513. The lowest BCUT2D eigenvalue weighted by atomic mass is 10.3. The molecule has 0 saturated carbocycles. The van der Waals surface area contributed by atoms with Crippen LogP contribution >= 0.6 is 0 Å². The smallest absolute Gasteiger partial charge is 0.438 e. The molecular weight excluding hydrogens is 182 g/mol. The highest BCUT2D eigenvalue weighted by atomic mass is 16.7. The Balaban J connectivity index is 2.77. The number of hydrogen-bond donors (Lipinski definition) is 0. The summed E-state index contributed by atoms with van der Waals surface area (Å²) in [5, 5.41) is 1.10. The van der Waals surface area contributed by atoms with Gasteiger partial charge in [-0.1, -0.05) is 18.2 Å². The zero-order valence-corrected chi connectivity index (χ0v) is 8.27. The molecule has 1 aromatic rings. The molecule has 0 saturated heterocycles. The molecule has 0 unspecified atom stereocenters. The van der Waals surface area contributed by atoms with E-state index in [0.717, 1.165) is 5.06 Å². The predicted octanol–water partition coefficient (Wildman–Crippen LogP) is 2.21. The first-order chi connectivity index (χ1) is 6.79. The number of nitrogens with zero attached hydrogens (tertiary/aromatic N) is 1. The molecule has 0 heterocycles. The Labute approximate surface area is 83.0 Å². The van der Waals surface area contributed by atoms with Crippen LogP contribution in [0.5, 0.6) is 0 Å². The number of benzene rings is 1. The Morgan fingerprint density at radius 2 is 2.00 bits per heavy atom. The second kappa shape index (κ2) is 5.24. The molecule has 1 rings (SSSR count). The first-order valence-electron chi connectivity index (χ1n) is 4.35. The van der Waals surface area contributed by atoms with Crippen LogP contribution in [0, 0.1) is 0 Å². The molecule has 4 nitrogen and oxygen atoms in total. The number of hydrogen-bond acceptors (Lipinski definition) is 3. The van der Waals surface area contributed by atoms with E-state index in [4.69, 9.17) is 9.57 Å². The standard InChI is InChI=1S/C10H13NO3/c1-3-14-10(12)11(13-2)9-7-5-4-6-8-9/h4-8H,3H2,1-2H3. The minimum atomic E-state index is -0.513. The van der Waals surface area contributed by atoms with Crippen LogP contribution in [0.15, 0.2) is 30.3 Å². The monoisotopic (exact) mass is 195 g/mol. The average molecular weight is 195 g/mol. The molecule has 0 N–H and O–H groups in total. The summed E-state index contributed by atoms with van der Waals surface area (Å²) in [6.45, 7) is 2.07. The molecule has 0 radical (unpaired) electrons. The minimum absolute atomic E-state index is 0.325. The number of carbonyl (C=O) groups is 1. The fraction of sp³-hybridized carbons (Fsp3) is 0.300. The van der Waals surface area contributed by atoms with Gasteiger partial charge in [-0.15, -0.1) is 0 Å². The van der Waals surface area contributed by atoms with Gasteiger partial charge in [0, 0.05) is 0 Å². The number of para-hydroxylation sites is 1. The molecular formula is C10H13NO3. The van der Waals surface area contributed by atoms with Crippen molar-refractivity contribution in [1.29, 1.82) is 0 Å². The second-order valence-electron chi connectivity index (χ2n) is 2.51. The lowest BCUT2D eigenvalue weighted by Gasteiger charge is -2.18. The molecule has 4 heteroatoms. The van der Waals surface area contributed by atoms with Crippen LogP contribution in [0.2, 0.25) is 0 Å². The topological polar surface area (TPSA) is 38.8 Å². The van der Waals surface area contributed by atoms with E-state index in [2.05, 4.69) is 0 Å². The summed E-state index contributed by atoms with van der Waals surface area (Å²) in [5.74, 6) is 0. The van der Waals surface area contributed by atoms with E-state index in [1.807, 2.05) is 18.2 Å². The van der Waals surface area contributed by atoms with Crippen LogP contribution in [0.4, 0.5) is 10.5 Å². The lowest BCUT2D eigenvalue weighted by Crippen LogP contribution is -2.30. The van der Waals surface area contributed by atoms with Crippen molar-refractivity contribution in [3.63, 3.8) is 0 Å². The number of rotatable bonds is 3. The van der Waals surface area contributed by atoms with Gasteiger partial charge in [0.05, 0.1) is 19.4 Å². The number of ether oxygens (including phenoxy) is 1. The van der Waals surface area contributed by atoms with Gasteiger partial charge in [-0.25, -0.2) is 4.79 Å². The molecule has 0 aromatic heterocycles. The van der Waals surface area contributed by atoms with Crippen LogP contribution in [0.3, 0.4) is 0 Å². The average Bonchev–Trinajstić information content (AvgIpc) is 2.21. The number of anilines is 1. The SMILES string of the molecule is CCOC(=O)N(OC)c1ccccc1. The van der Waals surface area contributed by atoms with E-state index in [0.29, 0.717) is 12.3 Å². The Kier molecular flexibility index (Phi) is 3.94. The Bertz CT molecular complexity index is 287. The van der Waals surface area contributed by atoms with Crippen LogP contribution < -0.4 is 5.06 Å². The second-order valence-corrected chi connectivity index (χ2v) is 2.51. The van der Waals surface area contributed by atoms with E-state index in [1.54, 1.807) is 19.1 Å². The highest BCUT2D eigenvalue weighted by Gasteiger charge is 2.15. The Hall–Kier alpha value is -1.55. The van der Waals surface area contributed by atoms with Crippen molar-refractivity contribution in [3.8, 4) is 0 Å². The third-order valence-electron chi connectivity index (χ3n) is 1.61. The third-order valence-corrected chi connectivity index (χ3v) is 1.61. The van der Waals surface area contributed by atoms with Crippen LogP contribution in [-0.4, -0.2) is 19.8 Å². The quantitative estimate of drug-likeness (QED) is 0.694. The van der Waals surface area contributed by atoms with E-state index >= 15 is 0 Å². The summed E-state index contributed by atoms with van der Waals surface area (Å²) >= 11 is 0. The first-order valence-corrected chi connectivity index (χ1v) is 4.35. The highest BCUT2D eigenvalue weighted by molar-refractivity contribution is 5.85. The molecule has 14 heavy (non-hydrogen) atoms. The van der Waals surface area contributed by atoms with Crippen molar-refractivity contribution < 1.29 is 14.4 Å². The maximum absolute atomic E-state index is 11.4. The van der Waals surface area contributed by atoms with Crippen molar-refractivity contribution >= 4 is 11.8 Å². The minimum Gasteiger partial charge on any atom is -0.448 e. The Morgan fingerprint density at radius 1 is 1.36 bits per heavy atom. The van der Waals surface area contributed by atoms with Gasteiger partial charge in [-0.2, -0.15) is 5.06 Å². The fourth-order valence-electron chi connectivity index (χ4n) is 1.03. The molecule has 0 spiro atoms. The molecule has 0 atom stereocenters. The van der Waals surface area contributed by atoms with Crippen molar-refractivity contribution in [3.05, 3.63) is 30.3 Å². The zero-order valence-electron chi connectivity index (χ0n) is 8.27. The molecule has 0 fully saturated rings. The normalized spacial score (nSPS) is 9.57. The zero-order chi connectivity index (χ0) is 10.4. The lowest BCUT2D eigenvalue weighted by molar-refractivity contribution is 0.104. The molecule has 0 bridgehead atoms. The highest BCUT2D eigenvalue weighted by Crippen LogP contribution is 2.13. The van der Waals surface area contributed by atoms with E-state index in [-0.39, 0.29) is 0 Å². The number of amides is 1. The van der Waals surface area contributed by atoms with Gasteiger partial charge in [0.25, 0.3) is 0 Å². The van der Waals surface area contributed by atoms with Gasteiger partial charge in [0.2, 0.25) is 0 Å². The maximum Gasteiger partial charge on any atom is 0.438 e. The summed E-state index contributed by atoms with van der Waals surface area (Å²) in [5.41, 5.74) is 0.647. The largest absolute Gasteiger partial charge is 0.448 e. The number of carbonyl (C=O) groups excluding carboxylic acids is 1. The van der Waals surface area contributed by atoms with Crippen LogP contribution in [-0.2, 0) is 9.57 Å². The van der Waals surface area contributed by atoms with Crippen LogP contribution in [0.25, 0.3) is 0 Å². The molecule has 0 aliphatic rings. The predicted molar refractivity (Wildman–Crippen MR) is 53.0 cm³/mol. The molecule has 0 aliphatic heterocycles. The molecule has 1 amide bonds. The summed E-state index contributed by atoms with van der Waals surface area (Å²) in [6, 6.07) is 9.03. The van der Waals surface area contributed by atoms with Gasteiger partial charge < -0.3 is 4.74 Å². The van der Waals surface area contributed by atoms with Crippen molar-refractivity contribution in [2.75, 3.05) is 18.8 Å². The maximum atomic E-state index is 11.4. The van der Waals surface area contributed by atoms with E-state index in [1.165, 1.54) is 7.11 Å². The first kappa shape index (κ1) is 10.5. The molecule has 1 aromatic carbocycles. The van der Waals surface area contributed by atoms with Crippen molar-refractivity contribution in [2.24, 2.45) is 0 Å². The van der Waals surface area contributed by atoms with Gasteiger partial charge in [-0.3, -0.25) is 4.84 Å². The third kappa shape index (κ3) is 2.47. The number of hydroxylamine groups is 1. The Morgan fingerprint density at radius 3 is 2.50 bits per heavy atom. The summed E-state index contributed by atoms with van der Waals surface area (Å²) in [7, 11) is 1.42. The van der Waals surface area contributed by atoms with Gasteiger partial charge in [-0.05, 0) is 19.1 Å². The summed E-state index contributed by atoms with van der Waals surface area (Å²) in [4.78, 5) is 16.3. The van der Waals surface area contributed by atoms with Gasteiger partial charge in [0.1, 0.15) is 0 Å². The molecule has 0 aliphatic carbocycles. The fourth-order valence-corrected chi connectivity index (χ4v) is 1.03. The summed E-state index contributed by atoms with van der Waals surface area (Å²) < 4.78 is 4.81.